The van der Waals surface area contributed by atoms with Gasteiger partial charge in [-0.1, -0.05) is 67.7 Å². The summed E-state index contributed by atoms with van der Waals surface area (Å²) < 4.78 is 2.22. The van der Waals surface area contributed by atoms with Gasteiger partial charge in [0, 0.05) is 32.9 Å². The van der Waals surface area contributed by atoms with E-state index >= 15 is 0 Å². The summed E-state index contributed by atoms with van der Waals surface area (Å²) >= 11 is 7.25. The van der Waals surface area contributed by atoms with Crippen LogP contribution in [0.2, 0.25) is 0 Å². The average molecular weight is 478 g/mol. The maximum absolute atomic E-state index is 5.28. The summed E-state index contributed by atoms with van der Waals surface area (Å²) in [5.74, 6) is 0.762. The summed E-state index contributed by atoms with van der Waals surface area (Å²) in [6.07, 6.45) is 3.52. The molecule has 136 valence electrons. The fourth-order valence-electron chi connectivity index (χ4n) is 4.53. The lowest BCUT2D eigenvalue weighted by Gasteiger charge is -2.47. The second kappa shape index (κ2) is 7.83. The summed E-state index contributed by atoms with van der Waals surface area (Å²) in [7, 11) is 1.66. The van der Waals surface area contributed by atoms with E-state index in [-0.39, 0.29) is 12.1 Å². The molecule has 0 aromatic heterocycles. The third kappa shape index (κ3) is 3.49. The van der Waals surface area contributed by atoms with Gasteiger partial charge in [-0.15, -0.1) is 0 Å². The van der Waals surface area contributed by atoms with E-state index in [4.69, 9.17) is 4.84 Å². The Kier molecular flexibility index (Phi) is 5.48. The molecule has 4 rings (SSSR count). The van der Waals surface area contributed by atoms with Crippen LogP contribution < -0.4 is 5.32 Å². The molecule has 1 saturated carbocycles. The Labute approximate surface area is 171 Å². The largest absolute Gasteiger partial charge is 0.399 e. The van der Waals surface area contributed by atoms with Crippen molar-refractivity contribution in [3.05, 3.63) is 68.6 Å². The summed E-state index contributed by atoms with van der Waals surface area (Å²) in [4.78, 5) is 5.28. The van der Waals surface area contributed by atoms with Crippen molar-refractivity contribution in [1.29, 1.82) is 0 Å². The van der Waals surface area contributed by atoms with Gasteiger partial charge >= 0.3 is 0 Å². The van der Waals surface area contributed by atoms with E-state index in [2.05, 4.69) is 90.9 Å². The first-order valence-electron chi connectivity index (χ1n) is 9.05. The predicted molar refractivity (Wildman–Crippen MR) is 112 cm³/mol. The van der Waals surface area contributed by atoms with Crippen LogP contribution in [0.15, 0.2) is 62.6 Å². The lowest BCUT2D eigenvalue weighted by Crippen LogP contribution is -2.50. The maximum Gasteiger partial charge on any atom is 0.106 e. The van der Waals surface area contributed by atoms with E-state index in [1.807, 2.05) is 0 Å². The first kappa shape index (κ1) is 18.2. The SMILES string of the molecule is CON=C1[C@H]2CCC[C@@H]1[C@H](c1cccc(Br)c1)N[C@@H]2c1cccc(Br)c1. The van der Waals surface area contributed by atoms with Crippen LogP contribution in [0.5, 0.6) is 0 Å². The summed E-state index contributed by atoms with van der Waals surface area (Å²) in [5.41, 5.74) is 3.81. The number of halogens is 2. The van der Waals surface area contributed by atoms with Gasteiger partial charge in [-0.3, -0.25) is 0 Å². The van der Waals surface area contributed by atoms with Crippen LogP contribution in [0.25, 0.3) is 0 Å². The Balaban J connectivity index is 1.79. The van der Waals surface area contributed by atoms with Gasteiger partial charge < -0.3 is 10.2 Å². The van der Waals surface area contributed by atoms with E-state index < -0.39 is 0 Å². The molecular formula is C21H22Br2N2O. The normalized spacial score (nSPS) is 29.6. The van der Waals surface area contributed by atoms with Gasteiger partial charge in [0.05, 0.1) is 5.71 Å². The number of hydrogen-bond donors (Lipinski definition) is 1. The molecule has 2 bridgehead atoms. The van der Waals surface area contributed by atoms with Gasteiger partial charge in [-0.05, 0) is 48.2 Å². The number of benzene rings is 2. The number of nitrogens with one attached hydrogen (secondary N) is 1. The number of piperidine rings is 1. The molecule has 5 heteroatoms. The second-order valence-electron chi connectivity index (χ2n) is 7.07. The van der Waals surface area contributed by atoms with Crippen molar-refractivity contribution in [2.24, 2.45) is 17.0 Å². The Hall–Kier alpha value is -1.17. The Morgan fingerprint density at radius 1 is 0.923 bits per heavy atom. The quantitative estimate of drug-likeness (QED) is 0.548. The highest BCUT2D eigenvalue weighted by Crippen LogP contribution is 2.47. The summed E-state index contributed by atoms with van der Waals surface area (Å²) in [6, 6.07) is 17.7. The van der Waals surface area contributed by atoms with Crippen LogP contribution in [0.1, 0.15) is 42.5 Å². The van der Waals surface area contributed by atoms with Crippen LogP contribution >= 0.6 is 31.9 Å². The molecule has 1 heterocycles. The molecular weight excluding hydrogens is 456 g/mol. The van der Waals surface area contributed by atoms with Gasteiger partial charge in [0.15, 0.2) is 0 Å². The molecule has 2 aromatic rings. The number of hydrogen-bond acceptors (Lipinski definition) is 3. The van der Waals surface area contributed by atoms with Crippen LogP contribution in [0, 0.1) is 11.8 Å². The molecule has 0 amide bonds. The van der Waals surface area contributed by atoms with Crippen molar-refractivity contribution in [3.8, 4) is 0 Å². The maximum atomic E-state index is 5.28. The van der Waals surface area contributed by atoms with Gasteiger partial charge in [-0.25, -0.2) is 0 Å². The van der Waals surface area contributed by atoms with Crippen molar-refractivity contribution in [2.45, 2.75) is 31.3 Å². The highest BCUT2D eigenvalue weighted by atomic mass is 79.9. The van der Waals surface area contributed by atoms with Crippen LogP contribution in [-0.4, -0.2) is 12.8 Å². The Morgan fingerprint density at radius 2 is 1.46 bits per heavy atom. The van der Waals surface area contributed by atoms with Crippen molar-refractivity contribution in [3.63, 3.8) is 0 Å². The van der Waals surface area contributed by atoms with Crippen LogP contribution in [-0.2, 0) is 4.84 Å². The second-order valence-corrected chi connectivity index (χ2v) is 8.91. The molecule has 1 N–H and O–H groups in total. The third-order valence-corrected chi connectivity index (χ3v) is 6.55. The zero-order valence-corrected chi connectivity index (χ0v) is 17.8. The van der Waals surface area contributed by atoms with Gasteiger partial charge in [0.2, 0.25) is 0 Å². The number of oxime groups is 1. The lowest BCUT2D eigenvalue weighted by molar-refractivity contribution is 0.180. The first-order valence-corrected chi connectivity index (χ1v) is 10.6. The predicted octanol–water partition coefficient (Wildman–Crippen LogP) is 6.02. The molecule has 3 nitrogen and oxygen atoms in total. The Morgan fingerprint density at radius 3 is 1.92 bits per heavy atom. The smallest absolute Gasteiger partial charge is 0.106 e. The molecule has 2 fully saturated rings. The summed E-state index contributed by atoms with van der Waals surface area (Å²) in [5, 5.41) is 8.47. The van der Waals surface area contributed by atoms with Crippen molar-refractivity contribution < 1.29 is 4.84 Å². The average Bonchev–Trinajstić information content (AvgIpc) is 2.62. The minimum Gasteiger partial charge on any atom is -0.399 e. The topological polar surface area (TPSA) is 33.6 Å². The van der Waals surface area contributed by atoms with E-state index in [1.54, 1.807) is 7.11 Å². The molecule has 4 atom stereocenters. The van der Waals surface area contributed by atoms with Crippen LogP contribution in [0.4, 0.5) is 0 Å². The number of fused-ring (bicyclic) bond motifs is 2. The standard InChI is InChI=1S/C21H22Br2N2O/c1-26-25-21-17-9-4-10-18(21)20(14-6-3-8-16(23)12-14)24-19(17)13-5-2-7-15(22)11-13/h2-3,5-8,11-12,17-20,24H,4,9-10H2,1H3/t17-,18+,19+,20-. The Bertz CT molecular complexity index is 762. The van der Waals surface area contributed by atoms with Crippen LogP contribution in [0.3, 0.4) is 0 Å². The molecule has 26 heavy (non-hydrogen) atoms. The molecule has 0 unspecified atom stereocenters. The van der Waals surface area contributed by atoms with Gasteiger partial charge in [-0.2, -0.15) is 0 Å². The highest BCUT2D eigenvalue weighted by Gasteiger charge is 2.45. The molecule has 0 spiro atoms. The van der Waals surface area contributed by atoms with Gasteiger partial charge in [0.1, 0.15) is 7.11 Å². The van der Waals surface area contributed by atoms with E-state index in [1.165, 1.54) is 23.3 Å². The molecule has 0 radical (unpaired) electrons. The molecule has 2 aromatic carbocycles. The van der Waals surface area contributed by atoms with E-state index in [9.17, 15) is 0 Å². The third-order valence-electron chi connectivity index (χ3n) is 5.57. The minimum absolute atomic E-state index is 0.238. The molecule has 1 saturated heterocycles. The van der Waals surface area contributed by atoms with E-state index in [0.717, 1.165) is 21.8 Å². The first-order chi connectivity index (χ1) is 12.7. The van der Waals surface area contributed by atoms with E-state index in [0.29, 0.717) is 11.8 Å². The summed E-state index contributed by atoms with van der Waals surface area (Å²) in [6.45, 7) is 0. The van der Waals surface area contributed by atoms with Gasteiger partial charge in [0.25, 0.3) is 0 Å². The highest BCUT2D eigenvalue weighted by molar-refractivity contribution is 9.10. The number of rotatable bonds is 3. The van der Waals surface area contributed by atoms with Crippen molar-refractivity contribution >= 4 is 37.6 Å². The fraction of sp³-hybridized carbons (Fsp3) is 0.381. The zero-order valence-electron chi connectivity index (χ0n) is 14.7. The lowest BCUT2D eigenvalue weighted by atomic mass is 9.67. The molecule has 1 aliphatic heterocycles. The van der Waals surface area contributed by atoms with Crippen molar-refractivity contribution in [1.82, 2.24) is 5.32 Å². The number of nitrogens with zero attached hydrogens (tertiary/aromatic N) is 1. The fourth-order valence-corrected chi connectivity index (χ4v) is 5.36. The monoisotopic (exact) mass is 476 g/mol. The zero-order chi connectivity index (χ0) is 18.1. The molecule has 1 aliphatic carbocycles. The van der Waals surface area contributed by atoms with Crippen molar-refractivity contribution in [2.75, 3.05) is 7.11 Å². The minimum atomic E-state index is 0.238. The molecule has 2 aliphatic rings.